The van der Waals surface area contributed by atoms with Crippen LogP contribution in [0.25, 0.3) is 0 Å². The second-order valence-corrected chi connectivity index (χ2v) is 5.38. The first-order valence-corrected chi connectivity index (χ1v) is 4.56. The van der Waals surface area contributed by atoms with Gasteiger partial charge in [0.1, 0.15) is 0 Å². The van der Waals surface area contributed by atoms with Gasteiger partial charge in [0.15, 0.2) is 0 Å². The van der Waals surface area contributed by atoms with Crippen LogP contribution in [0.1, 0.15) is 23.6 Å². The fourth-order valence-electron chi connectivity index (χ4n) is 0.763. The molecule has 2 heteroatoms. The largest absolute Gasteiger partial charge is 0.167 e. The monoisotopic (exact) mass is 172 g/mol. The molecule has 0 spiro atoms. The van der Waals surface area contributed by atoms with E-state index in [0.29, 0.717) is 0 Å². The van der Waals surface area contributed by atoms with Gasteiger partial charge in [-0.2, -0.15) is 12.6 Å². The highest BCUT2D eigenvalue weighted by Crippen LogP contribution is 2.32. The molecule has 1 heterocycles. The minimum Gasteiger partial charge on any atom is -0.167 e. The van der Waals surface area contributed by atoms with Crippen LogP contribution >= 0.6 is 24.0 Å². The SMILES string of the molecule is Cc1ccc(C(C)(C)S)s1. The Kier molecular flexibility index (Phi) is 2.11. The summed E-state index contributed by atoms with van der Waals surface area (Å²) in [6, 6.07) is 4.28. The summed E-state index contributed by atoms with van der Waals surface area (Å²) in [6.07, 6.45) is 0. The number of hydrogen-bond donors (Lipinski definition) is 1. The van der Waals surface area contributed by atoms with Gasteiger partial charge in [-0.15, -0.1) is 11.3 Å². The summed E-state index contributed by atoms with van der Waals surface area (Å²) in [5.41, 5.74) is 0. The Labute approximate surface area is 71.7 Å². The van der Waals surface area contributed by atoms with E-state index >= 15 is 0 Å². The van der Waals surface area contributed by atoms with Crippen LogP contribution in [0.5, 0.6) is 0 Å². The molecule has 0 aromatic carbocycles. The molecular formula is C8H12S2. The molecule has 1 rings (SSSR count). The maximum absolute atomic E-state index is 4.47. The number of thiophene rings is 1. The molecule has 56 valence electrons. The van der Waals surface area contributed by atoms with Crippen LogP contribution in [-0.2, 0) is 4.75 Å². The fourth-order valence-corrected chi connectivity index (χ4v) is 1.84. The quantitative estimate of drug-likeness (QED) is 0.618. The Morgan fingerprint density at radius 2 is 2.00 bits per heavy atom. The molecule has 0 bridgehead atoms. The molecule has 0 N–H and O–H groups in total. The summed E-state index contributed by atoms with van der Waals surface area (Å²) in [7, 11) is 0. The Morgan fingerprint density at radius 3 is 2.20 bits per heavy atom. The van der Waals surface area contributed by atoms with E-state index in [4.69, 9.17) is 0 Å². The third kappa shape index (κ3) is 1.77. The predicted molar refractivity (Wildman–Crippen MR) is 51.1 cm³/mol. The van der Waals surface area contributed by atoms with Gasteiger partial charge in [-0.3, -0.25) is 0 Å². The van der Waals surface area contributed by atoms with Gasteiger partial charge in [-0.25, -0.2) is 0 Å². The van der Waals surface area contributed by atoms with E-state index in [1.807, 2.05) is 11.3 Å². The molecule has 0 aliphatic rings. The zero-order valence-corrected chi connectivity index (χ0v) is 8.22. The molecule has 0 aliphatic heterocycles. The van der Waals surface area contributed by atoms with Gasteiger partial charge in [0.2, 0.25) is 0 Å². The summed E-state index contributed by atoms with van der Waals surface area (Å²) in [4.78, 5) is 2.70. The average Bonchev–Trinajstić information content (AvgIpc) is 2.11. The lowest BCUT2D eigenvalue weighted by Crippen LogP contribution is -2.03. The molecule has 1 aromatic rings. The van der Waals surface area contributed by atoms with Gasteiger partial charge in [0.25, 0.3) is 0 Å². The number of hydrogen-bond acceptors (Lipinski definition) is 2. The third-order valence-electron chi connectivity index (χ3n) is 1.34. The van der Waals surface area contributed by atoms with Crippen LogP contribution in [-0.4, -0.2) is 0 Å². The first-order valence-electron chi connectivity index (χ1n) is 3.29. The molecule has 0 saturated carbocycles. The molecule has 0 aliphatic carbocycles. The van der Waals surface area contributed by atoms with Gasteiger partial charge < -0.3 is 0 Å². The van der Waals surface area contributed by atoms with Gasteiger partial charge >= 0.3 is 0 Å². The van der Waals surface area contributed by atoms with Crippen LogP contribution in [0.3, 0.4) is 0 Å². The maximum atomic E-state index is 4.47. The molecule has 0 atom stereocenters. The zero-order valence-electron chi connectivity index (χ0n) is 6.51. The second-order valence-electron chi connectivity index (χ2n) is 2.97. The highest BCUT2D eigenvalue weighted by atomic mass is 32.1. The number of aryl methyl sites for hydroxylation is 1. The molecular weight excluding hydrogens is 160 g/mol. The molecule has 10 heavy (non-hydrogen) atoms. The minimum atomic E-state index is 0.0267. The topological polar surface area (TPSA) is 0 Å². The van der Waals surface area contributed by atoms with Crippen molar-refractivity contribution < 1.29 is 0 Å². The first-order chi connectivity index (χ1) is 4.50. The Hall–Kier alpha value is 0.0500. The molecule has 0 saturated heterocycles. The van der Waals surface area contributed by atoms with E-state index in [1.54, 1.807) is 0 Å². The normalized spacial score (nSPS) is 12.0. The van der Waals surface area contributed by atoms with Crippen molar-refractivity contribution in [2.45, 2.75) is 25.5 Å². The van der Waals surface area contributed by atoms with Gasteiger partial charge in [0, 0.05) is 14.5 Å². The first kappa shape index (κ1) is 8.15. The van der Waals surface area contributed by atoms with Crippen LogP contribution < -0.4 is 0 Å². The van der Waals surface area contributed by atoms with Crippen molar-refractivity contribution in [3.63, 3.8) is 0 Å². The smallest absolute Gasteiger partial charge is 0.0415 e. The van der Waals surface area contributed by atoms with E-state index in [9.17, 15) is 0 Å². The number of rotatable bonds is 1. The van der Waals surface area contributed by atoms with Gasteiger partial charge in [-0.05, 0) is 32.9 Å². The molecule has 0 radical (unpaired) electrons. The zero-order chi connectivity index (χ0) is 7.78. The maximum Gasteiger partial charge on any atom is 0.0415 e. The lowest BCUT2D eigenvalue weighted by Gasteiger charge is -2.13. The van der Waals surface area contributed by atoms with Crippen molar-refractivity contribution in [2.75, 3.05) is 0 Å². The summed E-state index contributed by atoms with van der Waals surface area (Å²) in [5, 5.41) is 0. The van der Waals surface area contributed by atoms with Crippen molar-refractivity contribution >= 4 is 24.0 Å². The molecule has 0 nitrogen and oxygen atoms in total. The van der Waals surface area contributed by atoms with Gasteiger partial charge in [-0.1, -0.05) is 0 Å². The van der Waals surface area contributed by atoms with Crippen molar-refractivity contribution in [1.29, 1.82) is 0 Å². The molecule has 0 amide bonds. The Morgan fingerprint density at radius 1 is 1.40 bits per heavy atom. The van der Waals surface area contributed by atoms with E-state index in [0.717, 1.165) is 0 Å². The summed E-state index contributed by atoms with van der Waals surface area (Å²) in [6.45, 7) is 6.34. The third-order valence-corrected chi connectivity index (χ3v) is 3.06. The predicted octanol–water partition coefficient (Wildman–Crippen LogP) is 3.22. The number of thiol groups is 1. The van der Waals surface area contributed by atoms with Crippen LogP contribution in [0.4, 0.5) is 0 Å². The fraction of sp³-hybridized carbons (Fsp3) is 0.500. The second kappa shape index (κ2) is 2.59. The van der Waals surface area contributed by atoms with Crippen molar-refractivity contribution in [3.05, 3.63) is 21.9 Å². The highest BCUT2D eigenvalue weighted by molar-refractivity contribution is 7.81. The lowest BCUT2D eigenvalue weighted by molar-refractivity contribution is 0.812. The van der Waals surface area contributed by atoms with Crippen LogP contribution in [0.15, 0.2) is 12.1 Å². The van der Waals surface area contributed by atoms with E-state index < -0.39 is 0 Å². The van der Waals surface area contributed by atoms with Crippen LogP contribution in [0, 0.1) is 6.92 Å². The van der Waals surface area contributed by atoms with E-state index in [1.165, 1.54) is 9.75 Å². The summed E-state index contributed by atoms with van der Waals surface area (Å²) >= 11 is 6.29. The molecule has 1 aromatic heterocycles. The minimum absolute atomic E-state index is 0.0267. The lowest BCUT2D eigenvalue weighted by atomic mass is 10.2. The summed E-state index contributed by atoms with van der Waals surface area (Å²) < 4.78 is 0.0267. The standard InChI is InChI=1S/C8H12S2/c1-6-4-5-7(10-6)8(2,3)9/h4-5,9H,1-3H3. The molecule has 0 fully saturated rings. The van der Waals surface area contributed by atoms with Crippen molar-refractivity contribution in [1.82, 2.24) is 0 Å². The van der Waals surface area contributed by atoms with Crippen molar-refractivity contribution in [3.8, 4) is 0 Å². The molecule has 0 unspecified atom stereocenters. The Balaban J connectivity index is 2.96. The Bertz CT molecular complexity index is 217. The van der Waals surface area contributed by atoms with Crippen LogP contribution in [0.2, 0.25) is 0 Å². The van der Waals surface area contributed by atoms with E-state index in [2.05, 4.69) is 45.5 Å². The van der Waals surface area contributed by atoms with E-state index in [-0.39, 0.29) is 4.75 Å². The van der Waals surface area contributed by atoms with Crippen molar-refractivity contribution in [2.24, 2.45) is 0 Å². The highest BCUT2D eigenvalue weighted by Gasteiger charge is 2.15. The average molecular weight is 172 g/mol. The van der Waals surface area contributed by atoms with Gasteiger partial charge in [0.05, 0.1) is 0 Å². The summed E-state index contributed by atoms with van der Waals surface area (Å²) in [5.74, 6) is 0.